The lowest BCUT2D eigenvalue weighted by atomic mass is 10.0. The second kappa shape index (κ2) is 6.43. The summed E-state index contributed by atoms with van der Waals surface area (Å²) in [6.07, 6.45) is 0. The quantitative estimate of drug-likeness (QED) is 0.675. The molecule has 0 aliphatic carbocycles. The van der Waals surface area contributed by atoms with Gasteiger partial charge in [-0.1, -0.05) is 6.07 Å². The monoisotopic (exact) mass is 338 g/mol. The van der Waals surface area contributed by atoms with Crippen molar-refractivity contribution in [1.82, 2.24) is 0 Å². The van der Waals surface area contributed by atoms with Gasteiger partial charge in [0.2, 0.25) is 11.2 Å². The molecule has 5 nitrogen and oxygen atoms in total. The van der Waals surface area contributed by atoms with Gasteiger partial charge in [0.15, 0.2) is 5.76 Å². The van der Waals surface area contributed by atoms with E-state index in [0.717, 1.165) is 11.1 Å². The molecule has 0 spiro atoms. The van der Waals surface area contributed by atoms with E-state index < -0.39 is 5.97 Å². The molecule has 0 amide bonds. The van der Waals surface area contributed by atoms with Crippen molar-refractivity contribution in [3.8, 4) is 22.8 Å². The van der Waals surface area contributed by atoms with Gasteiger partial charge in [-0.2, -0.15) is 0 Å². The van der Waals surface area contributed by atoms with E-state index in [1.165, 1.54) is 6.92 Å². The average molecular weight is 338 g/mol. The number of hydrogen-bond acceptors (Lipinski definition) is 5. The summed E-state index contributed by atoms with van der Waals surface area (Å²) in [5.41, 5.74) is 2.48. The Kier molecular flexibility index (Phi) is 4.31. The second-order valence-electron chi connectivity index (χ2n) is 5.87. The number of benzene rings is 2. The summed E-state index contributed by atoms with van der Waals surface area (Å²) in [6, 6.07) is 10.7. The molecule has 1 aromatic heterocycles. The highest BCUT2D eigenvalue weighted by atomic mass is 16.5. The van der Waals surface area contributed by atoms with E-state index >= 15 is 0 Å². The third kappa shape index (κ3) is 3.13. The van der Waals surface area contributed by atoms with Crippen LogP contribution in [0.25, 0.3) is 22.3 Å². The number of ether oxygens (including phenoxy) is 2. The molecule has 0 N–H and O–H groups in total. The minimum atomic E-state index is -0.578. The van der Waals surface area contributed by atoms with Gasteiger partial charge in [-0.05, 0) is 55.3 Å². The van der Waals surface area contributed by atoms with Crippen molar-refractivity contribution in [2.45, 2.75) is 20.8 Å². The normalized spacial score (nSPS) is 10.7. The number of hydrogen-bond donors (Lipinski definition) is 0. The molecular formula is C20H18O5. The Morgan fingerprint density at radius 1 is 1.08 bits per heavy atom. The topological polar surface area (TPSA) is 65.7 Å². The van der Waals surface area contributed by atoms with E-state index in [4.69, 9.17) is 13.9 Å². The smallest absolute Gasteiger partial charge is 0.308 e. The Morgan fingerprint density at radius 2 is 1.76 bits per heavy atom. The minimum absolute atomic E-state index is 0.0999. The van der Waals surface area contributed by atoms with E-state index in [9.17, 15) is 9.59 Å². The molecule has 3 aromatic rings. The minimum Gasteiger partial charge on any atom is -0.497 e. The Morgan fingerprint density at radius 3 is 2.36 bits per heavy atom. The van der Waals surface area contributed by atoms with Gasteiger partial charge in [-0.3, -0.25) is 9.59 Å². The van der Waals surface area contributed by atoms with Crippen molar-refractivity contribution >= 4 is 16.9 Å². The fourth-order valence-electron chi connectivity index (χ4n) is 2.84. The molecule has 25 heavy (non-hydrogen) atoms. The summed E-state index contributed by atoms with van der Waals surface area (Å²) < 4.78 is 16.3. The first-order valence-corrected chi connectivity index (χ1v) is 7.81. The average Bonchev–Trinajstić information content (AvgIpc) is 2.56. The van der Waals surface area contributed by atoms with E-state index in [2.05, 4.69) is 0 Å². The number of carbonyl (C=O) groups is 1. The van der Waals surface area contributed by atoms with Crippen LogP contribution in [0.3, 0.4) is 0 Å². The molecule has 1 heterocycles. The number of rotatable bonds is 3. The molecule has 3 rings (SSSR count). The Hall–Kier alpha value is -3.08. The summed E-state index contributed by atoms with van der Waals surface area (Å²) in [4.78, 5) is 24.5. The SMILES string of the molecule is COc1ccc(-c2oc3cc(C)cc(C)c3c(=O)c2OC(C)=O)cc1. The first-order valence-electron chi connectivity index (χ1n) is 7.81. The lowest BCUT2D eigenvalue weighted by Gasteiger charge is -2.11. The highest BCUT2D eigenvalue weighted by Crippen LogP contribution is 2.33. The largest absolute Gasteiger partial charge is 0.497 e. The Labute approximate surface area is 144 Å². The summed E-state index contributed by atoms with van der Waals surface area (Å²) in [6.45, 7) is 5.01. The van der Waals surface area contributed by atoms with Crippen LogP contribution in [-0.2, 0) is 4.79 Å². The molecule has 0 saturated heterocycles. The summed E-state index contributed by atoms with van der Waals surface area (Å²) in [5, 5.41) is 0.416. The third-order valence-electron chi connectivity index (χ3n) is 3.89. The van der Waals surface area contributed by atoms with Gasteiger partial charge < -0.3 is 13.9 Å². The first kappa shape index (κ1) is 16.8. The number of aryl methyl sites for hydroxylation is 2. The maximum absolute atomic E-state index is 13.0. The molecular weight excluding hydrogens is 320 g/mol. The van der Waals surface area contributed by atoms with Crippen LogP contribution in [0.4, 0.5) is 0 Å². The molecule has 0 saturated carbocycles. The van der Waals surface area contributed by atoms with E-state index in [1.807, 2.05) is 19.9 Å². The van der Waals surface area contributed by atoms with Crippen LogP contribution in [0.5, 0.6) is 11.5 Å². The number of fused-ring (bicyclic) bond motifs is 1. The standard InChI is InChI=1S/C20H18O5/c1-11-9-12(2)17-16(10-11)25-19(20(18(17)22)24-13(3)21)14-5-7-15(23-4)8-6-14/h5-10H,1-4H3. The molecule has 128 valence electrons. The second-order valence-corrected chi connectivity index (χ2v) is 5.87. The van der Waals surface area contributed by atoms with Gasteiger partial charge >= 0.3 is 5.97 Å². The lowest BCUT2D eigenvalue weighted by molar-refractivity contribution is -0.131. The van der Waals surface area contributed by atoms with Crippen molar-refractivity contribution in [2.24, 2.45) is 0 Å². The van der Waals surface area contributed by atoms with Crippen LogP contribution in [0.15, 0.2) is 45.6 Å². The van der Waals surface area contributed by atoms with Crippen molar-refractivity contribution in [3.63, 3.8) is 0 Å². The maximum Gasteiger partial charge on any atom is 0.308 e. The fraction of sp³-hybridized carbons (Fsp3) is 0.200. The van der Waals surface area contributed by atoms with Crippen LogP contribution >= 0.6 is 0 Å². The lowest BCUT2D eigenvalue weighted by Crippen LogP contribution is -2.14. The van der Waals surface area contributed by atoms with Gasteiger partial charge in [0.05, 0.1) is 12.5 Å². The molecule has 0 radical (unpaired) electrons. The summed E-state index contributed by atoms with van der Waals surface area (Å²) in [7, 11) is 1.57. The highest BCUT2D eigenvalue weighted by Gasteiger charge is 2.20. The van der Waals surface area contributed by atoms with E-state index in [1.54, 1.807) is 37.4 Å². The van der Waals surface area contributed by atoms with Crippen molar-refractivity contribution < 1.29 is 18.7 Å². The zero-order valence-corrected chi connectivity index (χ0v) is 14.5. The molecule has 0 aliphatic rings. The van der Waals surface area contributed by atoms with Crippen LogP contribution in [0.1, 0.15) is 18.1 Å². The predicted octanol–water partition coefficient (Wildman–Crippen LogP) is 4.01. The zero-order chi connectivity index (χ0) is 18.1. The summed E-state index contributed by atoms with van der Waals surface area (Å²) in [5.74, 6) is 0.219. The molecule has 0 aliphatic heterocycles. The van der Waals surface area contributed by atoms with Gasteiger partial charge in [-0.15, -0.1) is 0 Å². The van der Waals surface area contributed by atoms with Crippen molar-refractivity contribution in [2.75, 3.05) is 7.11 Å². The number of methoxy groups -OCH3 is 1. The molecule has 0 unspecified atom stereocenters. The molecule has 2 aromatic carbocycles. The van der Waals surface area contributed by atoms with Gasteiger partial charge in [0.1, 0.15) is 11.3 Å². The van der Waals surface area contributed by atoms with Crippen LogP contribution in [0, 0.1) is 13.8 Å². The van der Waals surface area contributed by atoms with Gasteiger partial charge in [0.25, 0.3) is 0 Å². The Bertz CT molecular complexity index is 1010. The summed E-state index contributed by atoms with van der Waals surface area (Å²) >= 11 is 0. The van der Waals surface area contributed by atoms with Crippen LogP contribution in [0.2, 0.25) is 0 Å². The number of esters is 1. The van der Waals surface area contributed by atoms with Crippen molar-refractivity contribution in [3.05, 3.63) is 57.7 Å². The van der Waals surface area contributed by atoms with Crippen molar-refractivity contribution in [1.29, 1.82) is 0 Å². The van der Waals surface area contributed by atoms with Crippen LogP contribution < -0.4 is 14.9 Å². The van der Waals surface area contributed by atoms with E-state index in [-0.39, 0.29) is 16.9 Å². The maximum atomic E-state index is 13.0. The molecule has 0 atom stereocenters. The molecule has 0 bridgehead atoms. The number of carbonyl (C=O) groups excluding carboxylic acids is 1. The first-order chi connectivity index (χ1) is 11.9. The highest BCUT2D eigenvalue weighted by molar-refractivity contribution is 5.86. The molecule has 5 heteroatoms. The Balaban J connectivity index is 2.34. The fourth-order valence-corrected chi connectivity index (χ4v) is 2.84. The van der Waals surface area contributed by atoms with E-state index in [0.29, 0.717) is 22.3 Å². The zero-order valence-electron chi connectivity index (χ0n) is 14.5. The van der Waals surface area contributed by atoms with Gasteiger partial charge in [0, 0.05) is 12.5 Å². The van der Waals surface area contributed by atoms with Gasteiger partial charge in [-0.25, -0.2) is 0 Å². The van der Waals surface area contributed by atoms with Crippen LogP contribution in [-0.4, -0.2) is 13.1 Å². The predicted molar refractivity (Wildman–Crippen MR) is 95.3 cm³/mol. The molecule has 0 fully saturated rings. The third-order valence-corrected chi connectivity index (χ3v) is 3.89.